The molecule has 0 spiro atoms. The van der Waals surface area contributed by atoms with E-state index in [2.05, 4.69) is 4.98 Å². The van der Waals surface area contributed by atoms with Crippen LogP contribution in [0.2, 0.25) is 0 Å². The van der Waals surface area contributed by atoms with E-state index in [1.165, 1.54) is 17.2 Å². The molecule has 7 heteroatoms. The zero-order valence-corrected chi connectivity index (χ0v) is 16.4. The monoisotopic (exact) mass is 402 g/mol. The van der Waals surface area contributed by atoms with E-state index >= 15 is 0 Å². The van der Waals surface area contributed by atoms with E-state index in [1.807, 2.05) is 30.5 Å². The summed E-state index contributed by atoms with van der Waals surface area (Å²) in [5.74, 6) is -1.22. The number of amides is 1. The van der Waals surface area contributed by atoms with Gasteiger partial charge in [-0.15, -0.1) is 11.8 Å². The normalized spacial score (nSPS) is 10.9. The molecule has 0 atom stereocenters. The molecule has 0 aliphatic heterocycles. The van der Waals surface area contributed by atoms with Gasteiger partial charge >= 0.3 is 0 Å². The maximum atomic E-state index is 13.8. The third-order valence-corrected chi connectivity index (χ3v) is 5.06. The van der Waals surface area contributed by atoms with Gasteiger partial charge in [0.05, 0.1) is 11.8 Å². The molecule has 4 nitrogen and oxygen atoms in total. The van der Waals surface area contributed by atoms with E-state index < -0.39 is 11.6 Å². The van der Waals surface area contributed by atoms with Gasteiger partial charge in [-0.05, 0) is 36.1 Å². The van der Waals surface area contributed by atoms with Crippen LogP contribution in [0.3, 0.4) is 0 Å². The first-order valence-corrected chi connectivity index (χ1v) is 9.96. The third kappa shape index (κ3) is 4.78. The van der Waals surface area contributed by atoms with Crippen LogP contribution in [0.5, 0.6) is 0 Å². The number of halogens is 2. The number of benzene rings is 2. The zero-order chi connectivity index (χ0) is 20.1. The summed E-state index contributed by atoms with van der Waals surface area (Å²) in [6.45, 7) is 0.505. The van der Waals surface area contributed by atoms with Gasteiger partial charge in [0.25, 0.3) is 0 Å². The number of nitrogens with zero attached hydrogens (tertiary/aromatic N) is 2. The fraction of sp³-hybridized carbons (Fsp3) is 0.238. The zero-order valence-electron chi connectivity index (χ0n) is 15.6. The van der Waals surface area contributed by atoms with E-state index in [-0.39, 0.29) is 36.0 Å². The average molecular weight is 402 g/mol. The van der Waals surface area contributed by atoms with Crippen molar-refractivity contribution in [3.05, 3.63) is 71.8 Å². The number of thioether (sulfide) groups is 1. The van der Waals surface area contributed by atoms with Gasteiger partial charge in [0.15, 0.2) is 11.7 Å². The number of carbonyl (C=O) groups is 1. The van der Waals surface area contributed by atoms with Gasteiger partial charge in [0.2, 0.25) is 5.91 Å². The van der Waals surface area contributed by atoms with Crippen LogP contribution < -0.4 is 0 Å². The molecule has 1 aromatic heterocycles. The predicted molar refractivity (Wildman–Crippen MR) is 105 cm³/mol. The molecule has 1 amide bonds. The van der Waals surface area contributed by atoms with E-state index in [1.54, 1.807) is 23.7 Å². The summed E-state index contributed by atoms with van der Waals surface area (Å²) < 4.78 is 33.1. The van der Waals surface area contributed by atoms with Crippen molar-refractivity contribution in [2.75, 3.05) is 13.3 Å². The summed E-state index contributed by atoms with van der Waals surface area (Å²) in [6.07, 6.45) is 3.74. The molecule has 3 rings (SSSR count). The third-order valence-electron chi connectivity index (χ3n) is 4.32. The van der Waals surface area contributed by atoms with Crippen molar-refractivity contribution >= 4 is 17.7 Å². The Morgan fingerprint density at radius 1 is 1.14 bits per heavy atom. The van der Waals surface area contributed by atoms with Gasteiger partial charge in [-0.3, -0.25) is 4.79 Å². The van der Waals surface area contributed by atoms with Crippen molar-refractivity contribution in [3.63, 3.8) is 0 Å². The molecule has 0 fully saturated rings. The van der Waals surface area contributed by atoms with Crippen molar-refractivity contribution in [3.8, 4) is 11.3 Å². The van der Waals surface area contributed by atoms with Crippen molar-refractivity contribution in [1.82, 2.24) is 9.88 Å². The number of carbonyl (C=O) groups excluding carboxylic acids is 1. The fourth-order valence-electron chi connectivity index (χ4n) is 2.77. The lowest BCUT2D eigenvalue weighted by molar-refractivity contribution is -0.130. The summed E-state index contributed by atoms with van der Waals surface area (Å²) >= 11 is 1.67. The molecule has 0 unspecified atom stereocenters. The summed E-state index contributed by atoms with van der Waals surface area (Å²) in [6, 6.07) is 11.6. The highest BCUT2D eigenvalue weighted by molar-refractivity contribution is 7.98. The Morgan fingerprint density at radius 2 is 1.82 bits per heavy atom. The lowest BCUT2D eigenvalue weighted by atomic mass is 10.1. The molecule has 0 radical (unpaired) electrons. The first kappa shape index (κ1) is 20.1. The Hall–Kier alpha value is -2.67. The quantitative estimate of drug-likeness (QED) is 0.526. The highest BCUT2D eigenvalue weighted by Gasteiger charge is 2.17. The summed E-state index contributed by atoms with van der Waals surface area (Å²) in [5, 5.41) is 0. The van der Waals surface area contributed by atoms with Crippen LogP contribution in [0.25, 0.3) is 11.3 Å². The van der Waals surface area contributed by atoms with Crippen LogP contribution in [0.15, 0.2) is 58.0 Å². The first-order valence-electron chi connectivity index (χ1n) is 8.74. The molecule has 28 heavy (non-hydrogen) atoms. The number of rotatable bonds is 7. The van der Waals surface area contributed by atoms with Gasteiger partial charge in [0.1, 0.15) is 11.6 Å². The van der Waals surface area contributed by atoms with Gasteiger partial charge < -0.3 is 9.32 Å². The predicted octanol–water partition coefficient (Wildman–Crippen LogP) is 4.93. The van der Waals surface area contributed by atoms with Gasteiger partial charge in [-0.2, -0.15) is 0 Å². The lowest BCUT2D eigenvalue weighted by Gasteiger charge is -2.17. The topological polar surface area (TPSA) is 46.3 Å². The second kappa shape index (κ2) is 9.01. The molecule has 0 aliphatic rings. The van der Waals surface area contributed by atoms with E-state index in [0.717, 1.165) is 17.7 Å². The Balaban J connectivity index is 1.58. The molecule has 146 valence electrons. The maximum absolute atomic E-state index is 13.8. The minimum Gasteiger partial charge on any atom is -0.441 e. The van der Waals surface area contributed by atoms with Crippen molar-refractivity contribution < 1.29 is 18.0 Å². The van der Waals surface area contributed by atoms with Gasteiger partial charge in [-0.1, -0.05) is 18.2 Å². The molecule has 0 aliphatic carbocycles. The highest BCUT2D eigenvalue weighted by atomic mass is 32.2. The smallest absolute Gasteiger partial charge is 0.223 e. The van der Waals surface area contributed by atoms with Crippen LogP contribution in [-0.2, 0) is 17.8 Å². The summed E-state index contributed by atoms with van der Waals surface area (Å²) in [4.78, 5) is 19.2. The SMILES string of the molecule is CSc1ccc(CN(C)C(=O)CCc2ncc(-c3c(F)cccc3F)o2)cc1. The Kier molecular flexibility index (Phi) is 6.46. The Morgan fingerprint density at radius 3 is 2.46 bits per heavy atom. The van der Waals surface area contributed by atoms with Crippen molar-refractivity contribution in [1.29, 1.82) is 0 Å². The lowest BCUT2D eigenvalue weighted by Crippen LogP contribution is -2.26. The van der Waals surface area contributed by atoms with Crippen molar-refractivity contribution in [2.45, 2.75) is 24.3 Å². The molecule has 1 heterocycles. The first-order chi connectivity index (χ1) is 13.5. The van der Waals surface area contributed by atoms with Crippen LogP contribution in [0.4, 0.5) is 8.78 Å². The Bertz CT molecular complexity index is 937. The van der Waals surface area contributed by atoms with Crippen molar-refractivity contribution in [2.24, 2.45) is 0 Å². The number of aryl methyl sites for hydroxylation is 1. The molecular weight excluding hydrogens is 382 g/mol. The maximum Gasteiger partial charge on any atom is 0.223 e. The van der Waals surface area contributed by atoms with E-state index in [4.69, 9.17) is 4.42 Å². The largest absolute Gasteiger partial charge is 0.441 e. The van der Waals surface area contributed by atoms with E-state index in [0.29, 0.717) is 6.54 Å². The van der Waals surface area contributed by atoms with Crippen LogP contribution >= 0.6 is 11.8 Å². The second-order valence-electron chi connectivity index (χ2n) is 6.31. The van der Waals surface area contributed by atoms with Crippen LogP contribution in [0, 0.1) is 11.6 Å². The molecule has 2 aromatic carbocycles. The minimum absolute atomic E-state index is 0.0142. The number of aromatic nitrogens is 1. The fourth-order valence-corrected chi connectivity index (χ4v) is 3.18. The second-order valence-corrected chi connectivity index (χ2v) is 7.19. The van der Waals surface area contributed by atoms with Gasteiger partial charge in [0, 0.05) is 31.3 Å². The van der Waals surface area contributed by atoms with Gasteiger partial charge in [-0.25, -0.2) is 13.8 Å². The average Bonchev–Trinajstić information content (AvgIpc) is 3.15. The standard InChI is InChI=1S/C21H20F2N2O2S/c1-25(13-14-6-8-15(28-2)9-7-14)20(26)11-10-19-24-12-18(27-19)21-16(22)4-3-5-17(21)23/h3-9,12H,10-11,13H2,1-2H3. The molecule has 3 aromatic rings. The molecular formula is C21H20F2N2O2S. The molecule has 0 saturated heterocycles. The van der Waals surface area contributed by atoms with Crippen LogP contribution in [-0.4, -0.2) is 29.1 Å². The minimum atomic E-state index is -0.717. The molecule has 0 saturated carbocycles. The number of oxazole rings is 1. The summed E-state index contributed by atoms with van der Waals surface area (Å²) in [5.41, 5.74) is 0.792. The number of hydrogen-bond donors (Lipinski definition) is 0. The summed E-state index contributed by atoms with van der Waals surface area (Å²) in [7, 11) is 1.74. The number of hydrogen-bond acceptors (Lipinski definition) is 4. The molecule has 0 bridgehead atoms. The highest BCUT2D eigenvalue weighted by Crippen LogP contribution is 2.26. The molecule has 0 N–H and O–H groups in total. The van der Waals surface area contributed by atoms with Crippen LogP contribution in [0.1, 0.15) is 17.9 Å². The Labute approximate surface area is 166 Å². The van der Waals surface area contributed by atoms with E-state index in [9.17, 15) is 13.6 Å².